The molecule has 0 atom stereocenters. The predicted molar refractivity (Wildman–Crippen MR) is 129 cm³/mol. The molecular weight excluding hydrogens is 453 g/mol. The number of anilines is 1. The van der Waals surface area contributed by atoms with Gasteiger partial charge in [0, 0.05) is 31.2 Å². The summed E-state index contributed by atoms with van der Waals surface area (Å²) in [5.74, 6) is -0.179. The lowest BCUT2D eigenvalue weighted by Gasteiger charge is -2.27. The summed E-state index contributed by atoms with van der Waals surface area (Å²) in [6, 6.07) is 9.19. The number of carbonyl (C=O) groups excluding carboxylic acids is 1. The van der Waals surface area contributed by atoms with Crippen LogP contribution in [0.5, 0.6) is 0 Å². The van der Waals surface area contributed by atoms with E-state index in [4.69, 9.17) is 32.9 Å². The lowest BCUT2D eigenvalue weighted by molar-refractivity contribution is 0.0376. The molecule has 1 amide bonds. The number of hydrogen-bond acceptors (Lipinski definition) is 5. The maximum Gasteiger partial charge on any atom is 0.261 e. The molecule has 4 rings (SSSR count). The van der Waals surface area contributed by atoms with Crippen molar-refractivity contribution < 1.29 is 9.53 Å². The Morgan fingerprint density at radius 3 is 2.68 bits per heavy atom. The van der Waals surface area contributed by atoms with Crippen LogP contribution in [0.3, 0.4) is 0 Å². The third kappa shape index (κ3) is 5.21. The monoisotopic (exact) mass is 477 g/mol. The minimum Gasteiger partial charge on any atom is -0.379 e. The predicted octanol–water partition coefficient (Wildman–Crippen LogP) is 5.59. The van der Waals surface area contributed by atoms with E-state index < -0.39 is 0 Å². The van der Waals surface area contributed by atoms with E-state index in [0.29, 0.717) is 27.3 Å². The molecule has 1 aromatic heterocycles. The van der Waals surface area contributed by atoms with E-state index in [9.17, 15) is 4.79 Å². The van der Waals surface area contributed by atoms with Gasteiger partial charge in [0.2, 0.25) is 0 Å². The number of carbonyl (C=O) groups is 1. The van der Waals surface area contributed by atoms with Gasteiger partial charge in [0.25, 0.3) is 5.91 Å². The Kier molecular flexibility index (Phi) is 7.14. The van der Waals surface area contributed by atoms with Gasteiger partial charge in [-0.05, 0) is 61.7 Å². The number of morpholine rings is 1. The molecule has 0 spiro atoms. The molecule has 2 heterocycles. The van der Waals surface area contributed by atoms with Gasteiger partial charge in [-0.15, -0.1) is 0 Å². The topological polar surface area (TPSA) is 45.7 Å². The molecule has 164 valence electrons. The minimum absolute atomic E-state index is 0.179. The number of amides is 1. The third-order valence-electron chi connectivity index (χ3n) is 5.59. The number of aromatic nitrogens is 1. The molecule has 1 fully saturated rings. The maximum atomic E-state index is 13.5. The Balaban J connectivity index is 1.63. The molecule has 1 aliphatic heterocycles. The smallest absolute Gasteiger partial charge is 0.261 e. The number of hydrogen-bond donors (Lipinski definition) is 0. The summed E-state index contributed by atoms with van der Waals surface area (Å²) in [5.41, 5.74) is 3.71. The maximum absolute atomic E-state index is 13.5. The van der Waals surface area contributed by atoms with Crippen molar-refractivity contribution in [3.8, 4) is 0 Å². The average molecular weight is 478 g/mol. The second-order valence-corrected chi connectivity index (χ2v) is 9.64. The second-order valence-electron chi connectivity index (χ2n) is 7.79. The van der Waals surface area contributed by atoms with Gasteiger partial charge >= 0.3 is 0 Å². The van der Waals surface area contributed by atoms with E-state index in [1.807, 2.05) is 0 Å². The van der Waals surface area contributed by atoms with Crippen molar-refractivity contribution in [3.63, 3.8) is 0 Å². The highest BCUT2D eigenvalue weighted by Gasteiger charge is 2.24. The summed E-state index contributed by atoms with van der Waals surface area (Å²) < 4.78 is 6.50. The molecule has 0 radical (unpaired) electrons. The summed E-state index contributed by atoms with van der Waals surface area (Å²) in [7, 11) is 0. The fourth-order valence-corrected chi connectivity index (χ4v) is 5.09. The van der Waals surface area contributed by atoms with Gasteiger partial charge in [0.05, 0.1) is 34.0 Å². The van der Waals surface area contributed by atoms with E-state index in [1.54, 1.807) is 23.1 Å². The molecule has 1 aliphatic rings. The van der Waals surface area contributed by atoms with Crippen molar-refractivity contribution in [1.29, 1.82) is 0 Å². The van der Waals surface area contributed by atoms with Crippen molar-refractivity contribution in [1.82, 2.24) is 9.88 Å². The largest absolute Gasteiger partial charge is 0.379 e. The van der Waals surface area contributed by atoms with Crippen molar-refractivity contribution in [2.75, 3.05) is 44.3 Å². The van der Waals surface area contributed by atoms with Gasteiger partial charge in [0.15, 0.2) is 5.13 Å². The fraction of sp³-hybridized carbons (Fsp3) is 0.391. The number of thiazole rings is 1. The molecule has 0 bridgehead atoms. The fourth-order valence-electron chi connectivity index (χ4n) is 3.65. The molecule has 0 N–H and O–H groups in total. The van der Waals surface area contributed by atoms with Crippen LogP contribution in [0.2, 0.25) is 10.0 Å². The molecule has 2 aromatic carbocycles. The zero-order valence-corrected chi connectivity index (χ0v) is 20.0. The van der Waals surface area contributed by atoms with Gasteiger partial charge in [-0.2, -0.15) is 0 Å². The summed E-state index contributed by atoms with van der Waals surface area (Å²) in [6.07, 6.45) is 0.831. The minimum atomic E-state index is -0.179. The van der Waals surface area contributed by atoms with Crippen LogP contribution in [0, 0.1) is 13.8 Å². The molecule has 8 heteroatoms. The normalized spacial score (nSPS) is 14.8. The van der Waals surface area contributed by atoms with Crippen molar-refractivity contribution in [2.45, 2.75) is 20.3 Å². The number of fused-ring (bicyclic) bond motifs is 1. The van der Waals surface area contributed by atoms with E-state index in [2.05, 4.69) is 30.9 Å². The van der Waals surface area contributed by atoms with E-state index in [-0.39, 0.29) is 5.91 Å². The molecule has 0 saturated carbocycles. The van der Waals surface area contributed by atoms with Gasteiger partial charge in [-0.3, -0.25) is 14.6 Å². The molecule has 0 aliphatic carbocycles. The first-order valence-electron chi connectivity index (χ1n) is 10.4. The molecule has 5 nitrogen and oxygen atoms in total. The van der Waals surface area contributed by atoms with Gasteiger partial charge < -0.3 is 4.74 Å². The van der Waals surface area contributed by atoms with E-state index in [1.165, 1.54) is 22.5 Å². The zero-order valence-electron chi connectivity index (χ0n) is 17.7. The van der Waals surface area contributed by atoms with Crippen LogP contribution in [0.4, 0.5) is 5.13 Å². The van der Waals surface area contributed by atoms with Crippen molar-refractivity contribution in [2.24, 2.45) is 0 Å². The number of rotatable bonds is 6. The SMILES string of the molecule is Cc1cc2nc(N(CCCN3CCOCC3)C(=O)c3cc(Cl)ccc3Cl)sc2cc1C. The van der Waals surface area contributed by atoms with Crippen LogP contribution in [-0.4, -0.2) is 55.2 Å². The highest BCUT2D eigenvalue weighted by Crippen LogP contribution is 2.33. The Morgan fingerprint density at radius 2 is 1.90 bits per heavy atom. The van der Waals surface area contributed by atoms with E-state index >= 15 is 0 Å². The van der Waals surface area contributed by atoms with Gasteiger partial charge in [-0.1, -0.05) is 34.5 Å². The molecule has 0 unspecified atom stereocenters. The van der Waals surface area contributed by atoms with E-state index in [0.717, 1.165) is 49.5 Å². The average Bonchev–Trinajstić information content (AvgIpc) is 3.15. The second kappa shape index (κ2) is 9.84. The Labute approximate surface area is 196 Å². The number of halogens is 2. The molecule has 31 heavy (non-hydrogen) atoms. The van der Waals surface area contributed by atoms with Gasteiger partial charge in [0.1, 0.15) is 0 Å². The highest BCUT2D eigenvalue weighted by molar-refractivity contribution is 7.22. The van der Waals surface area contributed by atoms with Crippen LogP contribution in [0.1, 0.15) is 27.9 Å². The van der Waals surface area contributed by atoms with Gasteiger partial charge in [-0.25, -0.2) is 4.98 Å². The summed E-state index contributed by atoms with van der Waals surface area (Å²) in [5, 5.41) is 1.56. The zero-order chi connectivity index (χ0) is 22.0. The third-order valence-corrected chi connectivity index (χ3v) is 7.19. The van der Waals surface area contributed by atoms with Crippen molar-refractivity contribution >= 4 is 55.8 Å². The quantitative estimate of drug-likeness (QED) is 0.464. The molecular formula is C23H25Cl2N3O2S. The van der Waals surface area contributed by atoms with Crippen LogP contribution >= 0.6 is 34.5 Å². The first kappa shape index (κ1) is 22.5. The summed E-state index contributed by atoms with van der Waals surface area (Å²) in [6.45, 7) is 8.99. The summed E-state index contributed by atoms with van der Waals surface area (Å²) >= 11 is 14.0. The lowest BCUT2D eigenvalue weighted by atomic mass is 10.1. The lowest BCUT2D eigenvalue weighted by Crippen LogP contribution is -2.39. The number of aryl methyl sites for hydroxylation is 2. The molecule has 1 saturated heterocycles. The molecule has 3 aromatic rings. The van der Waals surface area contributed by atoms with Crippen LogP contribution < -0.4 is 4.90 Å². The van der Waals surface area contributed by atoms with Crippen LogP contribution in [0.25, 0.3) is 10.2 Å². The summed E-state index contributed by atoms with van der Waals surface area (Å²) in [4.78, 5) is 22.4. The Bertz CT molecular complexity index is 1060. The Morgan fingerprint density at radius 1 is 1.16 bits per heavy atom. The van der Waals surface area contributed by atoms with Crippen molar-refractivity contribution in [3.05, 3.63) is 57.1 Å². The van der Waals surface area contributed by atoms with Crippen LogP contribution in [0.15, 0.2) is 30.3 Å². The first-order valence-corrected chi connectivity index (χ1v) is 11.9. The number of benzene rings is 2. The highest BCUT2D eigenvalue weighted by atomic mass is 35.5. The van der Waals surface area contributed by atoms with Crippen LogP contribution in [-0.2, 0) is 4.74 Å². The number of ether oxygens (including phenoxy) is 1. The standard InChI is InChI=1S/C23H25Cl2N3O2S/c1-15-12-20-21(13-16(15)2)31-23(26-20)28(7-3-6-27-8-10-30-11-9-27)22(29)18-14-17(24)4-5-19(18)25/h4-5,12-14H,3,6-11H2,1-2H3. The first-order chi connectivity index (χ1) is 14.9. The number of nitrogens with zero attached hydrogens (tertiary/aromatic N) is 3. The Hall–Kier alpha value is -1.70.